The molecule has 1 fully saturated rings. The summed E-state index contributed by atoms with van der Waals surface area (Å²) in [6.07, 6.45) is 5.58. The summed E-state index contributed by atoms with van der Waals surface area (Å²) in [6.45, 7) is 2.21. The third-order valence-electron chi connectivity index (χ3n) is 2.50. The number of halogens is 1. The first-order valence-electron chi connectivity index (χ1n) is 4.93. The minimum absolute atomic E-state index is 0.706. The van der Waals surface area contributed by atoms with E-state index in [9.17, 15) is 0 Å². The van der Waals surface area contributed by atoms with E-state index < -0.39 is 0 Å². The molecule has 0 aliphatic carbocycles. The van der Waals surface area contributed by atoms with Crippen LogP contribution in [0.3, 0.4) is 0 Å². The van der Waals surface area contributed by atoms with Crippen LogP contribution in [0.1, 0.15) is 19.3 Å². The van der Waals surface area contributed by atoms with Gasteiger partial charge in [-0.25, -0.2) is 4.98 Å². The molecule has 1 aromatic rings. The molecule has 0 spiro atoms. The zero-order chi connectivity index (χ0) is 9.97. The quantitative estimate of drug-likeness (QED) is 0.839. The minimum Gasteiger partial charge on any atom is -0.397 e. The Kier molecular flexibility index (Phi) is 2.91. The summed E-state index contributed by atoms with van der Waals surface area (Å²) in [6, 6.07) is 1.91. The molecule has 2 rings (SSSR count). The topological polar surface area (TPSA) is 42.1 Å². The maximum Gasteiger partial charge on any atom is 0.143 e. The highest BCUT2D eigenvalue weighted by Crippen LogP contribution is 2.27. The Morgan fingerprint density at radius 2 is 2.00 bits per heavy atom. The first-order valence-corrected chi connectivity index (χ1v) is 5.72. The van der Waals surface area contributed by atoms with Crippen molar-refractivity contribution in [2.75, 3.05) is 23.7 Å². The van der Waals surface area contributed by atoms with Gasteiger partial charge in [0.2, 0.25) is 0 Å². The van der Waals surface area contributed by atoms with Gasteiger partial charge in [0.15, 0.2) is 0 Å². The van der Waals surface area contributed by atoms with Crippen molar-refractivity contribution in [2.24, 2.45) is 0 Å². The third-order valence-corrected chi connectivity index (χ3v) is 3.08. The molecule has 1 aliphatic heterocycles. The summed E-state index contributed by atoms with van der Waals surface area (Å²) >= 11 is 3.50. The predicted molar refractivity (Wildman–Crippen MR) is 62.4 cm³/mol. The molecule has 0 saturated carbocycles. The fourth-order valence-corrected chi connectivity index (χ4v) is 2.40. The minimum atomic E-state index is 0.706. The van der Waals surface area contributed by atoms with E-state index in [1.54, 1.807) is 6.20 Å². The lowest BCUT2D eigenvalue weighted by molar-refractivity contribution is 0.573. The summed E-state index contributed by atoms with van der Waals surface area (Å²) in [5.74, 6) is 1.03. The Morgan fingerprint density at radius 1 is 1.29 bits per heavy atom. The van der Waals surface area contributed by atoms with Gasteiger partial charge in [-0.1, -0.05) is 0 Å². The first-order chi connectivity index (χ1) is 6.77. The zero-order valence-corrected chi connectivity index (χ0v) is 9.63. The molecule has 2 N–H and O–H groups in total. The van der Waals surface area contributed by atoms with Crippen LogP contribution < -0.4 is 10.6 Å². The van der Waals surface area contributed by atoms with Crippen LogP contribution in [-0.2, 0) is 0 Å². The van der Waals surface area contributed by atoms with Crippen molar-refractivity contribution in [1.29, 1.82) is 0 Å². The maximum absolute atomic E-state index is 5.65. The fourth-order valence-electron chi connectivity index (χ4n) is 1.78. The molecule has 0 radical (unpaired) electrons. The van der Waals surface area contributed by atoms with Crippen LogP contribution in [0.5, 0.6) is 0 Å². The second kappa shape index (κ2) is 4.17. The van der Waals surface area contributed by atoms with Crippen LogP contribution in [0, 0.1) is 0 Å². The van der Waals surface area contributed by atoms with Gasteiger partial charge in [-0.05, 0) is 41.3 Å². The van der Waals surface area contributed by atoms with Crippen molar-refractivity contribution >= 4 is 27.4 Å². The summed E-state index contributed by atoms with van der Waals surface area (Å²) < 4.78 is 0.999. The maximum atomic E-state index is 5.65. The van der Waals surface area contributed by atoms with E-state index in [1.807, 2.05) is 6.07 Å². The molecule has 76 valence electrons. The average Bonchev–Trinajstić information content (AvgIpc) is 2.19. The number of nitrogen functional groups attached to an aromatic ring is 1. The monoisotopic (exact) mass is 255 g/mol. The SMILES string of the molecule is Nc1cnc(N2CCCCC2)c(Br)c1. The smallest absolute Gasteiger partial charge is 0.143 e. The number of nitrogens with two attached hydrogens (primary N) is 1. The lowest BCUT2D eigenvalue weighted by Crippen LogP contribution is -2.30. The molecule has 2 heterocycles. The molecule has 1 saturated heterocycles. The number of hydrogen-bond donors (Lipinski definition) is 1. The number of piperidine rings is 1. The largest absolute Gasteiger partial charge is 0.397 e. The van der Waals surface area contributed by atoms with Crippen molar-refractivity contribution in [2.45, 2.75) is 19.3 Å². The number of pyridine rings is 1. The number of aromatic nitrogens is 1. The van der Waals surface area contributed by atoms with Crippen molar-refractivity contribution < 1.29 is 0 Å². The van der Waals surface area contributed by atoms with Crippen molar-refractivity contribution in [3.8, 4) is 0 Å². The molecule has 0 atom stereocenters. The van der Waals surface area contributed by atoms with Crippen LogP contribution >= 0.6 is 15.9 Å². The Morgan fingerprint density at radius 3 is 2.64 bits per heavy atom. The van der Waals surface area contributed by atoms with Gasteiger partial charge in [-0.2, -0.15) is 0 Å². The predicted octanol–water partition coefficient (Wildman–Crippen LogP) is 2.42. The molecule has 4 heteroatoms. The lowest BCUT2D eigenvalue weighted by Gasteiger charge is -2.28. The third kappa shape index (κ3) is 2.00. The summed E-state index contributed by atoms with van der Waals surface area (Å²) in [5.41, 5.74) is 6.35. The highest BCUT2D eigenvalue weighted by Gasteiger charge is 2.14. The van der Waals surface area contributed by atoms with Crippen LogP contribution in [0.4, 0.5) is 11.5 Å². The van der Waals surface area contributed by atoms with Crippen LogP contribution in [0.2, 0.25) is 0 Å². The fraction of sp³-hybridized carbons (Fsp3) is 0.500. The van der Waals surface area contributed by atoms with Gasteiger partial charge in [-0.15, -0.1) is 0 Å². The van der Waals surface area contributed by atoms with Gasteiger partial charge in [0.1, 0.15) is 5.82 Å². The number of anilines is 2. The second-order valence-electron chi connectivity index (χ2n) is 3.62. The van der Waals surface area contributed by atoms with Gasteiger partial charge in [-0.3, -0.25) is 0 Å². The van der Waals surface area contributed by atoms with Crippen LogP contribution in [0.25, 0.3) is 0 Å². The van der Waals surface area contributed by atoms with E-state index in [1.165, 1.54) is 19.3 Å². The Balaban J connectivity index is 2.22. The first kappa shape index (κ1) is 9.77. The van der Waals surface area contributed by atoms with Crippen LogP contribution in [-0.4, -0.2) is 18.1 Å². The highest BCUT2D eigenvalue weighted by atomic mass is 79.9. The molecule has 1 aromatic heterocycles. The normalized spacial score (nSPS) is 17.1. The molecule has 14 heavy (non-hydrogen) atoms. The summed E-state index contributed by atoms with van der Waals surface area (Å²) in [7, 11) is 0. The van der Waals surface area contributed by atoms with E-state index >= 15 is 0 Å². The molecular weight excluding hydrogens is 242 g/mol. The summed E-state index contributed by atoms with van der Waals surface area (Å²) in [4.78, 5) is 6.67. The Bertz CT molecular complexity index is 321. The molecule has 0 amide bonds. The van der Waals surface area contributed by atoms with Gasteiger partial charge in [0.25, 0.3) is 0 Å². The van der Waals surface area contributed by atoms with E-state index in [0.717, 1.165) is 23.4 Å². The van der Waals surface area contributed by atoms with E-state index in [4.69, 9.17) is 5.73 Å². The number of hydrogen-bond acceptors (Lipinski definition) is 3. The molecule has 0 bridgehead atoms. The lowest BCUT2D eigenvalue weighted by atomic mass is 10.1. The van der Waals surface area contributed by atoms with Crippen molar-refractivity contribution in [1.82, 2.24) is 4.98 Å². The number of nitrogens with zero attached hydrogens (tertiary/aromatic N) is 2. The molecule has 1 aliphatic rings. The second-order valence-corrected chi connectivity index (χ2v) is 4.48. The van der Waals surface area contributed by atoms with Crippen LogP contribution in [0.15, 0.2) is 16.7 Å². The molecule has 0 unspecified atom stereocenters. The number of rotatable bonds is 1. The van der Waals surface area contributed by atoms with Gasteiger partial charge >= 0.3 is 0 Å². The summed E-state index contributed by atoms with van der Waals surface area (Å²) in [5, 5.41) is 0. The molecule has 3 nitrogen and oxygen atoms in total. The van der Waals surface area contributed by atoms with Gasteiger partial charge in [0.05, 0.1) is 16.4 Å². The molecule has 0 aromatic carbocycles. The van der Waals surface area contributed by atoms with E-state index in [0.29, 0.717) is 5.69 Å². The van der Waals surface area contributed by atoms with Crippen molar-refractivity contribution in [3.05, 3.63) is 16.7 Å². The Labute approximate surface area is 92.4 Å². The zero-order valence-electron chi connectivity index (χ0n) is 8.04. The van der Waals surface area contributed by atoms with Gasteiger partial charge < -0.3 is 10.6 Å². The standard InChI is InChI=1S/C10H14BrN3/c11-9-6-8(12)7-13-10(9)14-4-2-1-3-5-14/h6-7H,1-5,12H2. The van der Waals surface area contributed by atoms with E-state index in [-0.39, 0.29) is 0 Å². The van der Waals surface area contributed by atoms with E-state index in [2.05, 4.69) is 25.8 Å². The highest BCUT2D eigenvalue weighted by molar-refractivity contribution is 9.10. The Hall–Kier alpha value is -0.770. The van der Waals surface area contributed by atoms with Gasteiger partial charge in [0, 0.05) is 13.1 Å². The average molecular weight is 256 g/mol. The van der Waals surface area contributed by atoms with Crippen molar-refractivity contribution in [3.63, 3.8) is 0 Å². The molecular formula is C10H14BrN3.